The number of amides is 3. The zero-order chi connectivity index (χ0) is 25.7. The molecule has 4 rings (SSSR count). The summed E-state index contributed by atoms with van der Waals surface area (Å²) in [5.74, 6) is -0.325. The molecule has 3 amide bonds. The van der Waals surface area contributed by atoms with Crippen LogP contribution in [-0.4, -0.2) is 33.3 Å². The number of nitrogens with one attached hydrogen (secondary N) is 2. The number of methoxy groups -OCH3 is 1. The molecule has 1 heterocycles. The maximum atomic E-state index is 13.5. The highest BCUT2D eigenvalue weighted by molar-refractivity contribution is 7.78. The first-order chi connectivity index (χ1) is 17.4. The van der Waals surface area contributed by atoms with Crippen LogP contribution in [0.4, 0.5) is 21.9 Å². The van der Waals surface area contributed by atoms with Crippen molar-refractivity contribution in [3.63, 3.8) is 0 Å². The Bertz CT molecular complexity index is 1430. The molecule has 0 bridgehead atoms. The van der Waals surface area contributed by atoms with E-state index in [1.807, 2.05) is 12.1 Å². The van der Waals surface area contributed by atoms with Crippen LogP contribution >= 0.6 is 12.8 Å². The number of fused-ring (bicyclic) bond motifs is 1. The zero-order valence-corrected chi connectivity index (χ0v) is 19.9. The zero-order valence-electron chi connectivity index (χ0n) is 19.0. The van der Waals surface area contributed by atoms with Crippen LogP contribution in [0.25, 0.3) is 10.9 Å². The van der Waals surface area contributed by atoms with E-state index < -0.39 is 22.9 Å². The molecule has 1 aromatic heterocycles. The molecule has 0 aliphatic rings. The van der Waals surface area contributed by atoms with E-state index >= 15 is 0 Å². The third-order valence-corrected chi connectivity index (χ3v) is 5.75. The molecule has 0 radical (unpaired) electrons. The number of hydrogen-bond acceptors (Lipinski definition) is 7. The summed E-state index contributed by atoms with van der Waals surface area (Å²) in [6.45, 7) is 0. The number of nitro benzene ring substituents is 1. The van der Waals surface area contributed by atoms with Crippen molar-refractivity contribution in [2.75, 3.05) is 17.7 Å². The van der Waals surface area contributed by atoms with Crippen LogP contribution in [-0.2, 0) is 4.79 Å². The van der Waals surface area contributed by atoms with Crippen LogP contribution in [0.2, 0.25) is 0 Å². The summed E-state index contributed by atoms with van der Waals surface area (Å²) in [7, 11) is 1.37. The minimum atomic E-state index is -1.15. The summed E-state index contributed by atoms with van der Waals surface area (Å²) < 4.78 is 6.12. The van der Waals surface area contributed by atoms with Gasteiger partial charge in [0.05, 0.1) is 28.9 Å². The van der Waals surface area contributed by atoms with Crippen molar-refractivity contribution in [1.82, 2.24) is 9.29 Å². The van der Waals surface area contributed by atoms with E-state index in [9.17, 15) is 19.7 Å². The van der Waals surface area contributed by atoms with Gasteiger partial charge in [0.2, 0.25) is 0 Å². The standard InChI is InChI=1S/C25H21N5O5S/c1-35-21-13-12-18(30(33)34)15-20(21)28-25(32)29(36)23(17-7-3-2-4-8-17)24(31)27-19-11-5-9-16-10-6-14-26-22(16)19/h2-15,23,36H,1H3,(H,27,31)(H,28,32). The summed E-state index contributed by atoms with van der Waals surface area (Å²) in [4.78, 5) is 41.6. The first-order valence-corrected chi connectivity index (χ1v) is 11.1. The van der Waals surface area contributed by atoms with Crippen molar-refractivity contribution in [1.29, 1.82) is 0 Å². The summed E-state index contributed by atoms with van der Waals surface area (Å²) in [6.07, 6.45) is 1.62. The lowest BCUT2D eigenvalue weighted by Crippen LogP contribution is -2.38. The number of nitro groups is 1. The molecular formula is C25H21N5O5S. The van der Waals surface area contributed by atoms with Gasteiger partial charge in [0.15, 0.2) is 0 Å². The smallest absolute Gasteiger partial charge is 0.332 e. The molecular weight excluding hydrogens is 482 g/mol. The maximum absolute atomic E-state index is 13.5. The number of ether oxygens (including phenoxy) is 1. The third-order valence-electron chi connectivity index (χ3n) is 5.34. The van der Waals surface area contributed by atoms with E-state index in [4.69, 9.17) is 4.74 Å². The van der Waals surface area contributed by atoms with Crippen LogP contribution < -0.4 is 15.4 Å². The molecule has 0 saturated carbocycles. The second-order valence-electron chi connectivity index (χ2n) is 7.60. The van der Waals surface area contributed by atoms with Crippen molar-refractivity contribution in [2.24, 2.45) is 0 Å². The lowest BCUT2D eigenvalue weighted by molar-refractivity contribution is -0.384. The summed E-state index contributed by atoms with van der Waals surface area (Å²) >= 11 is 4.34. The number of carbonyl (C=O) groups is 2. The Labute approximate surface area is 211 Å². The number of urea groups is 1. The summed E-state index contributed by atoms with van der Waals surface area (Å²) in [6, 6.07) is 19.5. The van der Waals surface area contributed by atoms with Gasteiger partial charge in [-0.2, -0.15) is 0 Å². The van der Waals surface area contributed by atoms with Gasteiger partial charge in [-0.3, -0.25) is 24.2 Å². The van der Waals surface area contributed by atoms with Gasteiger partial charge in [0, 0.05) is 23.7 Å². The predicted molar refractivity (Wildman–Crippen MR) is 139 cm³/mol. The number of thiol groups is 1. The van der Waals surface area contributed by atoms with E-state index in [2.05, 4.69) is 28.4 Å². The fourth-order valence-electron chi connectivity index (χ4n) is 3.64. The van der Waals surface area contributed by atoms with Crippen molar-refractivity contribution in [2.45, 2.75) is 6.04 Å². The molecule has 0 spiro atoms. The number of benzene rings is 3. The molecule has 2 N–H and O–H groups in total. The fourth-order valence-corrected chi connectivity index (χ4v) is 3.93. The third kappa shape index (κ3) is 5.20. The largest absolute Gasteiger partial charge is 0.495 e. The molecule has 182 valence electrons. The Hall–Kier alpha value is -4.64. The Morgan fingerprint density at radius 2 is 1.75 bits per heavy atom. The van der Waals surface area contributed by atoms with E-state index in [1.165, 1.54) is 19.2 Å². The van der Waals surface area contributed by atoms with E-state index in [-0.39, 0.29) is 17.1 Å². The average molecular weight is 504 g/mol. The highest BCUT2D eigenvalue weighted by atomic mass is 32.1. The van der Waals surface area contributed by atoms with Gasteiger partial charge in [0.25, 0.3) is 11.6 Å². The second-order valence-corrected chi connectivity index (χ2v) is 8.03. The normalized spacial score (nSPS) is 11.4. The van der Waals surface area contributed by atoms with Crippen LogP contribution in [0.15, 0.2) is 85.1 Å². The van der Waals surface area contributed by atoms with E-state index in [1.54, 1.807) is 54.7 Å². The number of non-ortho nitro benzene ring substituents is 1. The monoisotopic (exact) mass is 503 g/mol. The fraction of sp³-hybridized carbons (Fsp3) is 0.0800. The highest BCUT2D eigenvalue weighted by Crippen LogP contribution is 2.31. The molecule has 0 fully saturated rings. The van der Waals surface area contributed by atoms with Crippen molar-refractivity contribution >= 4 is 52.7 Å². The maximum Gasteiger partial charge on any atom is 0.332 e. The number of para-hydroxylation sites is 1. The minimum Gasteiger partial charge on any atom is -0.495 e. The van der Waals surface area contributed by atoms with Gasteiger partial charge in [0.1, 0.15) is 11.8 Å². The molecule has 0 saturated heterocycles. The Morgan fingerprint density at radius 1 is 1.00 bits per heavy atom. The highest BCUT2D eigenvalue weighted by Gasteiger charge is 2.31. The van der Waals surface area contributed by atoms with Gasteiger partial charge < -0.3 is 15.4 Å². The van der Waals surface area contributed by atoms with Crippen LogP contribution in [0.5, 0.6) is 5.75 Å². The molecule has 4 aromatic rings. The van der Waals surface area contributed by atoms with E-state index in [0.717, 1.165) is 15.8 Å². The number of nitrogens with zero attached hydrogens (tertiary/aromatic N) is 3. The van der Waals surface area contributed by atoms with Crippen molar-refractivity contribution in [3.8, 4) is 5.75 Å². The number of pyridine rings is 1. The lowest BCUT2D eigenvalue weighted by atomic mass is 10.1. The van der Waals surface area contributed by atoms with Crippen LogP contribution in [0.1, 0.15) is 11.6 Å². The minimum absolute atomic E-state index is 0.0567. The molecule has 0 aliphatic heterocycles. The van der Waals surface area contributed by atoms with Gasteiger partial charge in [-0.25, -0.2) is 4.79 Å². The molecule has 0 aliphatic carbocycles. The number of hydrogen-bond donors (Lipinski definition) is 3. The topological polar surface area (TPSA) is 127 Å². The number of aromatic nitrogens is 1. The Balaban J connectivity index is 1.65. The van der Waals surface area contributed by atoms with E-state index in [0.29, 0.717) is 16.8 Å². The number of anilines is 2. The first kappa shape index (κ1) is 24.5. The van der Waals surface area contributed by atoms with Gasteiger partial charge in [-0.1, -0.05) is 61.3 Å². The van der Waals surface area contributed by atoms with Gasteiger partial charge in [-0.05, 0) is 23.8 Å². The molecule has 11 heteroatoms. The second kappa shape index (κ2) is 10.7. The Morgan fingerprint density at radius 3 is 2.47 bits per heavy atom. The summed E-state index contributed by atoms with van der Waals surface area (Å²) in [5.41, 5.74) is 1.39. The lowest BCUT2D eigenvalue weighted by Gasteiger charge is -2.27. The van der Waals surface area contributed by atoms with Gasteiger partial charge >= 0.3 is 6.03 Å². The number of rotatable bonds is 7. The van der Waals surface area contributed by atoms with Crippen molar-refractivity contribution in [3.05, 3.63) is 101 Å². The molecule has 1 unspecified atom stereocenters. The molecule has 36 heavy (non-hydrogen) atoms. The van der Waals surface area contributed by atoms with Crippen LogP contribution in [0, 0.1) is 10.1 Å². The van der Waals surface area contributed by atoms with Crippen LogP contribution in [0.3, 0.4) is 0 Å². The quantitative estimate of drug-likeness (QED) is 0.181. The average Bonchev–Trinajstić information content (AvgIpc) is 2.89. The Kier molecular flexibility index (Phi) is 7.31. The number of carbonyl (C=O) groups excluding carboxylic acids is 2. The SMILES string of the molecule is COc1ccc([N+](=O)[O-])cc1NC(=O)N(S)C(C(=O)Nc1cccc2cccnc12)c1ccccc1. The van der Waals surface area contributed by atoms with Crippen molar-refractivity contribution < 1.29 is 19.2 Å². The van der Waals surface area contributed by atoms with Gasteiger partial charge in [-0.15, -0.1) is 0 Å². The molecule has 10 nitrogen and oxygen atoms in total. The molecule has 3 aromatic carbocycles. The predicted octanol–water partition coefficient (Wildman–Crippen LogP) is 5.21. The summed E-state index contributed by atoms with van der Waals surface area (Å²) in [5, 5.41) is 17.4. The first-order valence-electron chi connectivity index (χ1n) is 10.7. The molecule has 1 atom stereocenters.